The maximum absolute atomic E-state index is 12.9. The zero-order chi connectivity index (χ0) is 22.8. The Bertz CT molecular complexity index is 1060. The summed E-state index contributed by atoms with van der Waals surface area (Å²) in [7, 11) is 1.47. The van der Waals surface area contributed by atoms with Gasteiger partial charge in [-0.15, -0.1) is 0 Å². The van der Waals surface area contributed by atoms with Crippen LogP contribution in [-0.2, 0) is 23.7 Å². The molecule has 5 nitrogen and oxygen atoms in total. The van der Waals surface area contributed by atoms with Crippen LogP contribution >= 0.6 is 0 Å². The third-order valence-electron chi connectivity index (χ3n) is 4.09. The van der Waals surface area contributed by atoms with E-state index in [4.69, 9.17) is 14.0 Å². The van der Waals surface area contributed by atoms with Crippen LogP contribution in [0.4, 0.5) is 26.3 Å². The van der Waals surface area contributed by atoms with Crippen molar-refractivity contribution in [2.75, 3.05) is 7.11 Å². The fraction of sp³-hybridized carbons (Fsp3) is 0.200. The molecule has 0 radical (unpaired) electrons. The SMILES string of the molecule is COc1cccc(-c2cc(COC(=O)c3cc(C(F)(F)F)cc(C(F)(F)F)c3)no2)c1. The van der Waals surface area contributed by atoms with E-state index in [1.54, 1.807) is 24.3 Å². The monoisotopic (exact) mass is 445 g/mol. The average Bonchev–Trinajstić information content (AvgIpc) is 3.19. The standard InChI is InChI=1S/C20H13F6NO4/c1-29-16-4-2-3-11(7-16)17-9-15(27-31-17)10-30-18(28)12-5-13(19(21,22)23)8-14(6-12)20(24,25)26/h2-9H,10H2,1H3. The number of nitrogens with zero attached hydrogens (tertiary/aromatic N) is 1. The van der Waals surface area contributed by atoms with Crippen LogP contribution in [0.1, 0.15) is 27.2 Å². The van der Waals surface area contributed by atoms with Gasteiger partial charge >= 0.3 is 18.3 Å². The third-order valence-corrected chi connectivity index (χ3v) is 4.09. The van der Waals surface area contributed by atoms with E-state index in [0.29, 0.717) is 29.2 Å². The molecule has 0 aliphatic rings. The molecule has 0 N–H and O–H groups in total. The van der Waals surface area contributed by atoms with Gasteiger partial charge in [0.1, 0.15) is 18.1 Å². The molecule has 0 saturated carbocycles. The Kier molecular flexibility index (Phi) is 5.96. The lowest BCUT2D eigenvalue weighted by Gasteiger charge is -2.13. The number of carbonyl (C=O) groups excluding carboxylic acids is 1. The van der Waals surface area contributed by atoms with Crippen LogP contribution in [0.25, 0.3) is 11.3 Å². The molecular weight excluding hydrogens is 432 g/mol. The first-order valence-electron chi connectivity index (χ1n) is 8.54. The van der Waals surface area contributed by atoms with Crippen LogP contribution in [0, 0.1) is 0 Å². The van der Waals surface area contributed by atoms with Crippen molar-refractivity contribution in [2.45, 2.75) is 19.0 Å². The summed E-state index contributed by atoms with van der Waals surface area (Å²) in [6, 6.07) is 8.67. The van der Waals surface area contributed by atoms with E-state index in [0.717, 1.165) is 0 Å². The highest BCUT2D eigenvalue weighted by molar-refractivity contribution is 5.90. The van der Waals surface area contributed by atoms with Gasteiger partial charge in [-0.3, -0.25) is 0 Å². The van der Waals surface area contributed by atoms with Crippen LogP contribution in [-0.4, -0.2) is 18.2 Å². The molecule has 3 rings (SSSR count). The largest absolute Gasteiger partial charge is 0.497 e. The van der Waals surface area contributed by atoms with E-state index >= 15 is 0 Å². The van der Waals surface area contributed by atoms with E-state index in [2.05, 4.69) is 5.16 Å². The van der Waals surface area contributed by atoms with Crippen molar-refractivity contribution in [3.8, 4) is 17.1 Å². The molecule has 0 unspecified atom stereocenters. The molecule has 1 heterocycles. The number of rotatable bonds is 5. The van der Waals surface area contributed by atoms with Crippen molar-refractivity contribution in [2.24, 2.45) is 0 Å². The minimum Gasteiger partial charge on any atom is -0.497 e. The van der Waals surface area contributed by atoms with Gasteiger partial charge in [0.25, 0.3) is 0 Å². The number of alkyl halides is 6. The molecule has 0 spiro atoms. The number of aromatic nitrogens is 1. The van der Waals surface area contributed by atoms with E-state index < -0.39 is 41.6 Å². The molecule has 0 aliphatic carbocycles. The van der Waals surface area contributed by atoms with Crippen LogP contribution < -0.4 is 4.74 Å². The number of esters is 1. The maximum atomic E-state index is 12.9. The van der Waals surface area contributed by atoms with Crippen LogP contribution in [0.3, 0.4) is 0 Å². The Morgan fingerprint density at radius 1 is 0.968 bits per heavy atom. The molecule has 11 heteroatoms. The van der Waals surface area contributed by atoms with Gasteiger partial charge < -0.3 is 14.0 Å². The normalized spacial score (nSPS) is 12.0. The number of methoxy groups -OCH3 is 1. The van der Waals surface area contributed by atoms with Crippen LogP contribution in [0.5, 0.6) is 5.75 Å². The van der Waals surface area contributed by atoms with Gasteiger partial charge in [-0.1, -0.05) is 17.3 Å². The molecule has 0 aliphatic heterocycles. The number of hydrogen-bond donors (Lipinski definition) is 0. The third kappa shape index (κ3) is 5.36. The highest BCUT2D eigenvalue weighted by atomic mass is 19.4. The van der Waals surface area contributed by atoms with Gasteiger partial charge in [-0.05, 0) is 30.3 Å². The molecule has 164 valence electrons. The summed E-state index contributed by atoms with van der Waals surface area (Å²) in [6.45, 7) is -0.524. The summed E-state index contributed by atoms with van der Waals surface area (Å²) in [5, 5.41) is 3.67. The van der Waals surface area contributed by atoms with Crippen molar-refractivity contribution in [1.82, 2.24) is 5.16 Å². The predicted octanol–water partition coefficient (Wildman–Crippen LogP) is 5.74. The molecule has 0 saturated heterocycles. The van der Waals surface area contributed by atoms with E-state index in [-0.39, 0.29) is 11.8 Å². The summed E-state index contributed by atoms with van der Waals surface area (Å²) in [5.74, 6) is -0.530. The predicted molar refractivity (Wildman–Crippen MR) is 94.1 cm³/mol. The Morgan fingerprint density at radius 2 is 1.61 bits per heavy atom. The highest BCUT2D eigenvalue weighted by Gasteiger charge is 2.37. The first-order chi connectivity index (χ1) is 14.5. The van der Waals surface area contributed by atoms with Gasteiger partial charge in [0, 0.05) is 11.6 Å². The van der Waals surface area contributed by atoms with Crippen molar-refractivity contribution >= 4 is 5.97 Å². The van der Waals surface area contributed by atoms with Crippen molar-refractivity contribution in [1.29, 1.82) is 0 Å². The summed E-state index contributed by atoms with van der Waals surface area (Å²) >= 11 is 0. The van der Waals surface area contributed by atoms with Crippen molar-refractivity contribution < 1.29 is 45.1 Å². The number of ether oxygens (including phenoxy) is 2. The first-order valence-corrected chi connectivity index (χ1v) is 8.54. The molecule has 0 atom stereocenters. The lowest BCUT2D eigenvalue weighted by Crippen LogP contribution is -2.14. The maximum Gasteiger partial charge on any atom is 0.416 e. The molecule has 31 heavy (non-hydrogen) atoms. The molecule has 0 bridgehead atoms. The van der Waals surface area contributed by atoms with E-state index in [1.807, 2.05) is 0 Å². The summed E-state index contributed by atoms with van der Waals surface area (Å²) < 4.78 is 92.5. The van der Waals surface area contributed by atoms with Crippen molar-refractivity contribution in [3.05, 3.63) is 70.9 Å². The van der Waals surface area contributed by atoms with Gasteiger partial charge in [0.05, 0.1) is 23.8 Å². The van der Waals surface area contributed by atoms with Gasteiger partial charge in [0.2, 0.25) is 0 Å². The zero-order valence-electron chi connectivity index (χ0n) is 15.7. The Morgan fingerprint density at radius 3 is 2.19 bits per heavy atom. The smallest absolute Gasteiger partial charge is 0.416 e. The highest BCUT2D eigenvalue weighted by Crippen LogP contribution is 2.36. The Hall–Kier alpha value is -3.50. The second kappa shape index (κ2) is 8.32. The molecule has 0 fully saturated rings. The molecule has 1 aromatic heterocycles. The molecule has 3 aromatic rings. The topological polar surface area (TPSA) is 61.6 Å². The summed E-state index contributed by atoms with van der Waals surface area (Å²) in [6.07, 6.45) is -10.2. The minimum atomic E-state index is -5.08. The summed E-state index contributed by atoms with van der Waals surface area (Å²) in [5.41, 5.74) is -3.42. The van der Waals surface area contributed by atoms with Crippen molar-refractivity contribution in [3.63, 3.8) is 0 Å². The molecular formula is C20H13F6NO4. The number of hydrogen-bond acceptors (Lipinski definition) is 5. The summed E-state index contributed by atoms with van der Waals surface area (Å²) in [4.78, 5) is 12.1. The quantitative estimate of drug-likeness (QED) is 0.370. The molecule has 0 amide bonds. The lowest BCUT2D eigenvalue weighted by atomic mass is 10.0. The van der Waals surface area contributed by atoms with Gasteiger partial charge in [-0.25, -0.2) is 4.79 Å². The number of carbonyl (C=O) groups is 1. The fourth-order valence-corrected chi connectivity index (χ4v) is 2.59. The fourth-order valence-electron chi connectivity index (χ4n) is 2.59. The Labute approximate surface area is 171 Å². The zero-order valence-corrected chi connectivity index (χ0v) is 15.7. The van der Waals surface area contributed by atoms with Gasteiger partial charge in [-0.2, -0.15) is 26.3 Å². The van der Waals surface area contributed by atoms with E-state index in [9.17, 15) is 31.1 Å². The average molecular weight is 445 g/mol. The second-order valence-electron chi connectivity index (χ2n) is 6.29. The van der Waals surface area contributed by atoms with Crippen LogP contribution in [0.15, 0.2) is 53.1 Å². The first kappa shape index (κ1) is 22.2. The minimum absolute atomic E-state index is 0.0746. The Balaban J connectivity index is 1.77. The van der Waals surface area contributed by atoms with Gasteiger partial charge in [0.15, 0.2) is 5.76 Å². The van der Waals surface area contributed by atoms with Crippen LogP contribution in [0.2, 0.25) is 0 Å². The lowest BCUT2D eigenvalue weighted by molar-refractivity contribution is -0.143. The van der Waals surface area contributed by atoms with E-state index in [1.165, 1.54) is 13.2 Å². The molecule has 2 aromatic carbocycles. The second-order valence-corrected chi connectivity index (χ2v) is 6.29. The number of benzene rings is 2. The number of halogens is 6.